The Kier molecular flexibility index (Phi) is 5.88. The summed E-state index contributed by atoms with van der Waals surface area (Å²) in [7, 11) is 0. The first-order chi connectivity index (χ1) is 17.2. The third-order valence-corrected chi connectivity index (χ3v) is 6.33. The van der Waals surface area contributed by atoms with Crippen LogP contribution in [-0.2, 0) is 20.7 Å². The highest BCUT2D eigenvalue weighted by Gasteiger charge is 2.34. The fourth-order valence-electron chi connectivity index (χ4n) is 4.73. The van der Waals surface area contributed by atoms with Crippen molar-refractivity contribution in [2.24, 2.45) is 0 Å². The van der Waals surface area contributed by atoms with Crippen LogP contribution in [0, 0.1) is 0 Å². The van der Waals surface area contributed by atoms with Crippen molar-refractivity contribution < 1.29 is 33.7 Å². The van der Waals surface area contributed by atoms with E-state index in [4.69, 9.17) is 14.2 Å². The predicted molar refractivity (Wildman–Crippen MR) is 130 cm³/mol. The molecule has 1 aliphatic carbocycles. The minimum atomic E-state index is -1.25. The van der Waals surface area contributed by atoms with Crippen LogP contribution in [0.3, 0.4) is 0 Å². The SMILES string of the molecule is CC1(C)OC(=O)c2cc(C[C@H](NC(=O)OCC3c4ccccc4-c4ccccc43)C(=O)O)ccc2O1. The molecule has 0 saturated carbocycles. The highest BCUT2D eigenvalue weighted by Crippen LogP contribution is 2.44. The van der Waals surface area contributed by atoms with Crippen LogP contribution >= 0.6 is 0 Å². The first-order valence-electron chi connectivity index (χ1n) is 11.6. The molecule has 1 atom stereocenters. The Balaban J connectivity index is 1.26. The lowest BCUT2D eigenvalue weighted by molar-refractivity contribution is -0.139. The predicted octanol–water partition coefficient (Wildman–Crippen LogP) is 4.51. The normalized spacial score (nSPS) is 16.0. The summed E-state index contributed by atoms with van der Waals surface area (Å²) in [5.41, 5.74) is 5.06. The second kappa shape index (κ2) is 9.03. The number of carbonyl (C=O) groups excluding carboxylic acids is 2. The number of nitrogens with one attached hydrogen (secondary N) is 1. The number of esters is 1. The van der Waals surface area contributed by atoms with Gasteiger partial charge in [-0.05, 0) is 39.9 Å². The lowest BCUT2D eigenvalue weighted by Crippen LogP contribution is -2.43. The summed E-state index contributed by atoms with van der Waals surface area (Å²) in [5.74, 6) is -2.64. The van der Waals surface area contributed by atoms with Crippen molar-refractivity contribution in [1.82, 2.24) is 5.32 Å². The van der Waals surface area contributed by atoms with Crippen LogP contribution in [0.2, 0.25) is 0 Å². The number of benzene rings is 3. The van der Waals surface area contributed by atoms with Crippen molar-refractivity contribution in [2.45, 2.75) is 38.0 Å². The van der Waals surface area contributed by atoms with Crippen LogP contribution < -0.4 is 10.1 Å². The van der Waals surface area contributed by atoms with Gasteiger partial charge >= 0.3 is 18.0 Å². The van der Waals surface area contributed by atoms with E-state index in [1.165, 1.54) is 6.07 Å². The second-order valence-electron chi connectivity index (χ2n) is 9.29. The number of hydrogen-bond donors (Lipinski definition) is 2. The summed E-state index contributed by atoms with van der Waals surface area (Å²) in [5, 5.41) is 12.1. The second-order valence-corrected chi connectivity index (χ2v) is 9.29. The summed E-state index contributed by atoms with van der Waals surface area (Å²) < 4.78 is 16.4. The molecule has 0 unspecified atom stereocenters. The molecule has 0 radical (unpaired) electrons. The Morgan fingerprint density at radius 2 is 1.61 bits per heavy atom. The maximum atomic E-state index is 12.6. The number of alkyl carbamates (subject to hydrolysis) is 1. The molecule has 3 aromatic carbocycles. The number of ether oxygens (including phenoxy) is 3. The highest BCUT2D eigenvalue weighted by atomic mass is 16.7. The van der Waals surface area contributed by atoms with Crippen LogP contribution in [0.5, 0.6) is 5.75 Å². The van der Waals surface area contributed by atoms with Crippen LogP contribution in [-0.4, -0.2) is 41.6 Å². The van der Waals surface area contributed by atoms with Gasteiger partial charge in [-0.2, -0.15) is 0 Å². The van der Waals surface area contributed by atoms with Crippen LogP contribution in [0.1, 0.15) is 46.8 Å². The number of carboxylic acid groups (broad SMARTS) is 1. The van der Waals surface area contributed by atoms with Crippen molar-refractivity contribution in [2.75, 3.05) is 6.61 Å². The van der Waals surface area contributed by atoms with Gasteiger partial charge in [0.1, 0.15) is 24.0 Å². The molecule has 0 saturated heterocycles. The van der Waals surface area contributed by atoms with Crippen molar-refractivity contribution in [3.63, 3.8) is 0 Å². The number of cyclic esters (lactones) is 1. The zero-order valence-corrected chi connectivity index (χ0v) is 19.8. The lowest BCUT2D eigenvalue weighted by atomic mass is 9.98. The third kappa shape index (κ3) is 4.49. The minimum Gasteiger partial charge on any atom is -0.480 e. The number of carbonyl (C=O) groups is 3. The fraction of sp³-hybridized carbons (Fsp3) is 0.250. The molecule has 5 rings (SSSR count). The van der Waals surface area contributed by atoms with E-state index in [1.807, 2.05) is 48.5 Å². The zero-order chi connectivity index (χ0) is 25.4. The van der Waals surface area contributed by atoms with E-state index >= 15 is 0 Å². The molecule has 0 spiro atoms. The Labute approximate surface area is 207 Å². The first-order valence-corrected chi connectivity index (χ1v) is 11.6. The van der Waals surface area contributed by atoms with Crippen LogP contribution in [0.15, 0.2) is 66.7 Å². The average Bonchev–Trinajstić information content (AvgIpc) is 3.16. The molecule has 8 nitrogen and oxygen atoms in total. The number of carboxylic acids is 1. The Bertz CT molecular complexity index is 1320. The summed E-state index contributed by atoms with van der Waals surface area (Å²) in [6, 6.07) is 19.4. The molecule has 1 amide bonds. The molecule has 184 valence electrons. The Morgan fingerprint density at radius 1 is 0.972 bits per heavy atom. The molecule has 1 aliphatic heterocycles. The number of hydrogen-bond acceptors (Lipinski definition) is 6. The van der Waals surface area contributed by atoms with Crippen molar-refractivity contribution in [3.05, 3.63) is 89.0 Å². The summed E-state index contributed by atoms with van der Waals surface area (Å²) in [6.45, 7) is 3.32. The van der Waals surface area contributed by atoms with E-state index in [0.717, 1.165) is 22.3 Å². The summed E-state index contributed by atoms with van der Waals surface area (Å²) >= 11 is 0. The van der Waals surface area contributed by atoms with Crippen molar-refractivity contribution >= 4 is 18.0 Å². The van der Waals surface area contributed by atoms with E-state index in [0.29, 0.717) is 11.3 Å². The molecular formula is C28H25NO7. The summed E-state index contributed by atoms with van der Waals surface area (Å²) in [4.78, 5) is 36.8. The molecule has 2 aliphatic rings. The van der Waals surface area contributed by atoms with Gasteiger partial charge in [-0.25, -0.2) is 14.4 Å². The molecule has 2 N–H and O–H groups in total. The molecule has 0 bridgehead atoms. The molecule has 0 aromatic heterocycles. The maximum absolute atomic E-state index is 12.6. The van der Waals surface area contributed by atoms with Gasteiger partial charge in [0.25, 0.3) is 0 Å². The molecule has 0 fully saturated rings. The van der Waals surface area contributed by atoms with Gasteiger partial charge in [-0.3, -0.25) is 0 Å². The number of amides is 1. The monoisotopic (exact) mass is 487 g/mol. The Morgan fingerprint density at radius 3 is 2.25 bits per heavy atom. The van der Waals surface area contributed by atoms with Crippen LogP contribution in [0.25, 0.3) is 11.1 Å². The van der Waals surface area contributed by atoms with Gasteiger partial charge in [-0.15, -0.1) is 0 Å². The van der Waals surface area contributed by atoms with E-state index in [1.54, 1.807) is 26.0 Å². The first kappa shape index (κ1) is 23.4. The van der Waals surface area contributed by atoms with Gasteiger partial charge in [0.2, 0.25) is 5.79 Å². The van der Waals surface area contributed by atoms with Gasteiger partial charge < -0.3 is 24.6 Å². The molecule has 1 heterocycles. The van der Waals surface area contributed by atoms with E-state index in [-0.39, 0.29) is 24.5 Å². The number of rotatable bonds is 6. The number of aliphatic carboxylic acids is 1. The fourth-order valence-corrected chi connectivity index (χ4v) is 4.73. The van der Waals surface area contributed by atoms with Gasteiger partial charge in [0, 0.05) is 26.2 Å². The standard InChI is InChI=1S/C28H25NO7/c1-28(2)35-24-12-11-16(13-21(24)26(32)36-28)14-23(25(30)31)29-27(33)34-15-22-19-9-5-3-7-17(19)18-8-4-6-10-20(18)22/h3-13,22-23H,14-15H2,1-2H3,(H,29,33)(H,30,31)/t23-/m0/s1. The maximum Gasteiger partial charge on any atom is 0.407 e. The largest absolute Gasteiger partial charge is 0.480 e. The third-order valence-electron chi connectivity index (χ3n) is 6.33. The molecule has 3 aromatic rings. The zero-order valence-electron chi connectivity index (χ0n) is 19.8. The molecular weight excluding hydrogens is 462 g/mol. The molecule has 8 heteroatoms. The van der Waals surface area contributed by atoms with E-state index in [2.05, 4.69) is 5.32 Å². The Hall–Kier alpha value is -4.33. The van der Waals surface area contributed by atoms with E-state index < -0.39 is 29.9 Å². The van der Waals surface area contributed by atoms with Gasteiger partial charge in [0.15, 0.2) is 0 Å². The van der Waals surface area contributed by atoms with Gasteiger partial charge in [-0.1, -0.05) is 54.6 Å². The van der Waals surface area contributed by atoms with Crippen LogP contribution in [0.4, 0.5) is 4.79 Å². The van der Waals surface area contributed by atoms with E-state index in [9.17, 15) is 19.5 Å². The lowest BCUT2D eigenvalue weighted by Gasteiger charge is -2.31. The summed E-state index contributed by atoms with van der Waals surface area (Å²) in [6.07, 6.45) is -0.879. The van der Waals surface area contributed by atoms with Crippen molar-refractivity contribution in [1.29, 1.82) is 0 Å². The topological polar surface area (TPSA) is 111 Å². The average molecular weight is 488 g/mol. The van der Waals surface area contributed by atoms with Gasteiger partial charge in [0.05, 0.1) is 0 Å². The van der Waals surface area contributed by atoms with Crippen molar-refractivity contribution in [3.8, 4) is 16.9 Å². The highest BCUT2D eigenvalue weighted by molar-refractivity contribution is 5.94. The quantitative estimate of drug-likeness (QED) is 0.492. The number of fused-ring (bicyclic) bond motifs is 4. The minimum absolute atomic E-state index is 0.0521. The smallest absolute Gasteiger partial charge is 0.407 e. The molecule has 36 heavy (non-hydrogen) atoms.